The Morgan fingerprint density at radius 1 is 0.921 bits per heavy atom. The van der Waals surface area contributed by atoms with E-state index in [9.17, 15) is 24.2 Å². The molecule has 0 spiro atoms. The monoisotopic (exact) mass is 523 g/mol. The first-order valence-corrected chi connectivity index (χ1v) is 14.4. The molecule has 6 heteroatoms. The smallest absolute Gasteiger partial charge is 0.255 e. The highest BCUT2D eigenvalue weighted by Gasteiger charge is 2.33. The fraction of sp³-hybridized carbons (Fsp3) is 0.562. The van der Waals surface area contributed by atoms with E-state index in [1.807, 2.05) is 30.3 Å². The number of carbonyl (C=O) groups excluding carboxylic acids is 2. The number of halogens is 1. The molecule has 0 aromatic heterocycles. The van der Waals surface area contributed by atoms with Gasteiger partial charge in [0.25, 0.3) is 5.91 Å². The van der Waals surface area contributed by atoms with Crippen molar-refractivity contribution in [3.8, 4) is 5.75 Å². The van der Waals surface area contributed by atoms with Crippen LogP contribution in [0.2, 0.25) is 0 Å². The van der Waals surface area contributed by atoms with Crippen LogP contribution < -0.4 is 5.32 Å². The molecule has 3 atom stereocenters. The molecule has 2 fully saturated rings. The van der Waals surface area contributed by atoms with Gasteiger partial charge in [-0.3, -0.25) is 9.59 Å². The number of hydrogen-bond acceptors (Lipinski definition) is 4. The average molecular weight is 524 g/mol. The van der Waals surface area contributed by atoms with Gasteiger partial charge in [0.15, 0.2) is 0 Å². The van der Waals surface area contributed by atoms with Gasteiger partial charge in [0.05, 0.1) is 17.7 Å². The lowest BCUT2D eigenvalue weighted by Crippen LogP contribution is -2.46. The molecule has 206 valence electrons. The summed E-state index contributed by atoms with van der Waals surface area (Å²) < 4.78 is 13.5. The summed E-state index contributed by atoms with van der Waals surface area (Å²) in [5.74, 6) is -0.656. The van der Waals surface area contributed by atoms with Gasteiger partial charge in [0.2, 0.25) is 0 Å². The summed E-state index contributed by atoms with van der Waals surface area (Å²) >= 11 is 0. The molecule has 0 unspecified atom stereocenters. The van der Waals surface area contributed by atoms with E-state index in [1.165, 1.54) is 18.9 Å². The van der Waals surface area contributed by atoms with Crippen molar-refractivity contribution in [1.29, 1.82) is 0 Å². The first-order chi connectivity index (χ1) is 18.4. The zero-order chi connectivity index (χ0) is 26.9. The molecule has 2 saturated carbocycles. The van der Waals surface area contributed by atoms with Gasteiger partial charge in [-0.1, -0.05) is 81.7 Å². The quantitative estimate of drug-likeness (QED) is 0.320. The molecule has 0 saturated heterocycles. The Kier molecular flexibility index (Phi) is 10.3. The van der Waals surface area contributed by atoms with E-state index in [2.05, 4.69) is 5.32 Å². The fourth-order valence-corrected chi connectivity index (χ4v) is 6.47. The van der Waals surface area contributed by atoms with Crippen molar-refractivity contribution in [3.05, 3.63) is 65.5 Å². The van der Waals surface area contributed by atoms with E-state index in [1.54, 1.807) is 0 Å². The number of phenolic OH excluding ortho intramolecular Hbond substituents is 1. The molecule has 0 heterocycles. The van der Waals surface area contributed by atoms with Crippen molar-refractivity contribution in [1.82, 2.24) is 5.32 Å². The van der Waals surface area contributed by atoms with E-state index in [-0.39, 0.29) is 17.4 Å². The Morgan fingerprint density at radius 2 is 1.58 bits per heavy atom. The summed E-state index contributed by atoms with van der Waals surface area (Å²) in [7, 11) is 0. The molecule has 2 aliphatic rings. The highest BCUT2D eigenvalue weighted by molar-refractivity contribution is 5.97. The lowest BCUT2D eigenvalue weighted by atomic mass is 9.72. The second-order valence-corrected chi connectivity index (χ2v) is 11.4. The van der Waals surface area contributed by atoms with Crippen LogP contribution in [0.4, 0.5) is 4.39 Å². The normalized spacial score (nSPS) is 19.4. The Morgan fingerprint density at radius 3 is 2.24 bits per heavy atom. The first-order valence-electron chi connectivity index (χ1n) is 14.4. The van der Waals surface area contributed by atoms with Gasteiger partial charge in [-0.25, -0.2) is 4.39 Å². The summed E-state index contributed by atoms with van der Waals surface area (Å²) in [5, 5.41) is 24.6. The molecule has 3 N–H and O–H groups in total. The number of phenols is 1. The third kappa shape index (κ3) is 7.89. The predicted octanol–water partition coefficient (Wildman–Crippen LogP) is 6.36. The number of aromatic hydroxyl groups is 1. The minimum absolute atomic E-state index is 0.0343. The Hall–Kier alpha value is -2.73. The summed E-state index contributed by atoms with van der Waals surface area (Å²) in [6.07, 6.45) is 11.6. The van der Waals surface area contributed by atoms with Crippen LogP contribution in [0.5, 0.6) is 5.75 Å². The summed E-state index contributed by atoms with van der Waals surface area (Å²) in [4.78, 5) is 26.4. The van der Waals surface area contributed by atoms with Crippen LogP contribution in [-0.2, 0) is 11.2 Å². The van der Waals surface area contributed by atoms with Crippen LogP contribution >= 0.6 is 0 Å². The summed E-state index contributed by atoms with van der Waals surface area (Å²) in [5.41, 5.74) is 0.931. The molecule has 0 aliphatic heterocycles. The average Bonchev–Trinajstić information content (AvgIpc) is 2.93. The molecule has 0 radical (unpaired) electrons. The topological polar surface area (TPSA) is 86.6 Å². The fourth-order valence-electron chi connectivity index (χ4n) is 6.47. The van der Waals surface area contributed by atoms with E-state index in [0.29, 0.717) is 31.0 Å². The Bertz CT molecular complexity index is 1050. The number of ketones is 1. The maximum absolute atomic E-state index is 13.5. The maximum atomic E-state index is 13.5. The highest BCUT2D eigenvalue weighted by atomic mass is 19.1. The SMILES string of the molecule is O=C(N[C@@H](Cc1ccccc1)[C@@H](O)C[C@@H](CC(=O)C1CCCCC1)C1CCCCC1)c1ccc(F)cc1O. The number of carbonyl (C=O) groups is 2. The maximum Gasteiger partial charge on any atom is 0.255 e. The van der Waals surface area contributed by atoms with Crippen LogP contribution in [0.25, 0.3) is 0 Å². The van der Waals surface area contributed by atoms with E-state index >= 15 is 0 Å². The van der Waals surface area contributed by atoms with E-state index in [4.69, 9.17) is 0 Å². The summed E-state index contributed by atoms with van der Waals surface area (Å²) in [6.45, 7) is 0. The number of Topliss-reactive ketones (excluding diaryl/α,β-unsaturated/α-hetero) is 1. The van der Waals surface area contributed by atoms with Crippen LogP contribution in [0, 0.1) is 23.6 Å². The molecule has 2 aliphatic carbocycles. The Balaban J connectivity index is 1.51. The number of aliphatic hydroxyl groups is 1. The molecule has 4 rings (SSSR count). The van der Waals surface area contributed by atoms with Crippen LogP contribution in [-0.4, -0.2) is 34.0 Å². The standard InChI is InChI=1S/C32H42FNO4/c33-26-16-17-27(30(36)21-26)32(38)34-28(18-22-10-4-1-5-11-22)31(37)20-25(23-12-6-2-7-13-23)19-29(35)24-14-8-3-9-15-24/h1,4-5,10-11,16-17,21,23-25,28,31,36-37H,2-3,6-9,12-15,18-20H2,(H,34,38)/t25-,28+,31+/m1/s1. The minimum Gasteiger partial charge on any atom is -0.507 e. The number of nitrogens with one attached hydrogen (secondary N) is 1. The van der Waals surface area contributed by atoms with Gasteiger partial charge in [-0.2, -0.15) is 0 Å². The van der Waals surface area contributed by atoms with Crippen molar-refractivity contribution in [3.63, 3.8) is 0 Å². The number of rotatable bonds is 11. The van der Waals surface area contributed by atoms with Crippen molar-refractivity contribution in [2.75, 3.05) is 0 Å². The second kappa shape index (κ2) is 13.9. The molecular formula is C32H42FNO4. The van der Waals surface area contributed by atoms with Crippen LogP contribution in [0.3, 0.4) is 0 Å². The second-order valence-electron chi connectivity index (χ2n) is 11.4. The van der Waals surface area contributed by atoms with Gasteiger partial charge >= 0.3 is 0 Å². The molecule has 0 bridgehead atoms. The van der Waals surface area contributed by atoms with Crippen molar-refractivity contribution in [2.24, 2.45) is 17.8 Å². The molecule has 2 aromatic rings. The zero-order valence-electron chi connectivity index (χ0n) is 22.3. The molecule has 2 aromatic carbocycles. The van der Waals surface area contributed by atoms with Gasteiger partial charge in [-0.15, -0.1) is 0 Å². The van der Waals surface area contributed by atoms with Crippen molar-refractivity contribution in [2.45, 2.75) is 95.6 Å². The lowest BCUT2D eigenvalue weighted by Gasteiger charge is -2.34. The van der Waals surface area contributed by atoms with E-state index in [0.717, 1.165) is 69.1 Å². The van der Waals surface area contributed by atoms with Crippen molar-refractivity contribution < 1.29 is 24.2 Å². The number of hydrogen-bond donors (Lipinski definition) is 3. The summed E-state index contributed by atoms with van der Waals surface area (Å²) in [6, 6.07) is 12.3. The van der Waals surface area contributed by atoms with Crippen molar-refractivity contribution >= 4 is 11.7 Å². The van der Waals surface area contributed by atoms with Gasteiger partial charge in [0, 0.05) is 18.4 Å². The van der Waals surface area contributed by atoms with Gasteiger partial charge < -0.3 is 15.5 Å². The van der Waals surface area contributed by atoms with Crippen LogP contribution in [0.15, 0.2) is 48.5 Å². The third-order valence-corrected chi connectivity index (χ3v) is 8.67. The molecular weight excluding hydrogens is 481 g/mol. The zero-order valence-corrected chi connectivity index (χ0v) is 22.3. The van der Waals surface area contributed by atoms with Gasteiger partial charge in [0.1, 0.15) is 17.3 Å². The molecule has 1 amide bonds. The predicted molar refractivity (Wildman–Crippen MR) is 146 cm³/mol. The molecule has 38 heavy (non-hydrogen) atoms. The lowest BCUT2D eigenvalue weighted by molar-refractivity contribution is -0.125. The van der Waals surface area contributed by atoms with E-state index < -0.39 is 29.6 Å². The number of aliphatic hydroxyl groups excluding tert-OH is 1. The first kappa shape index (κ1) is 28.3. The Labute approximate surface area is 225 Å². The molecule has 5 nitrogen and oxygen atoms in total. The van der Waals surface area contributed by atoms with Gasteiger partial charge in [-0.05, 0) is 55.2 Å². The number of amides is 1. The number of benzene rings is 2. The highest BCUT2D eigenvalue weighted by Crippen LogP contribution is 2.37. The third-order valence-electron chi connectivity index (χ3n) is 8.67. The van der Waals surface area contributed by atoms with Crippen LogP contribution in [0.1, 0.15) is 93.0 Å². The largest absolute Gasteiger partial charge is 0.507 e. The minimum atomic E-state index is -0.868.